The number of aliphatic carboxylic acids is 1. The van der Waals surface area contributed by atoms with Crippen LogP contribution in [-0.2, 0) is 4.79 Å². The molecule has 0 radical (unpaired) electrons. The first kappa shape index (κ1) is 17.0. The topological polar surface area (TPSA) is 95.1 Å². The molecule has 1 amide bonds. The number of hydrogen-bond acceptors (Lipinski definition) is 3. The maximum absolute atomic E-state index is 12.1. The minimum Gasteiger partial charge on any atom is -0.481 e. The molecule has 1 heterocycles. The van der Waals surface area contributed by atoms with E-state index >= 15 is 0 Å². The van der Waals surface area contributed by atoms with E-state index in [1.165, 1.54) is 0 Å². The maximum atomic E-state index is 12.1. The fourth-order valence-electron chi connectivity index (χ4n) is 1.94. The van der Waals surface area contributed by atoms with Gasteiger partial charge in [-0.1, -0.05) is 29.8 Å². The van der Waals surface area contributed by atoms with Crippen LogP contribution in [0.1, 0.15) is 30.8 Å². The molecule has 0 unspecified atom stereocenters. The molecule has 23 heavy (non-hydrogen) atoms. The molecule has 0 aliphatic heterocycles. The van der Waals surface area contributed by atoms with Crippen LogP contribution in [0.5, 0.6) is 0 Å². The first-order valence-electron chi connectivity index (χ1n) is 7.13. The van der Waals surface area contributed by atoms with Gasteiger partial charge in [-0.3, -0.25) is 14.7 Å². The molecule has 6 nitrogen and oxygen atoms in total. The van der Waals surface area contributed by atoms with Crippen LogP contribution in [0.15, 0.2) is 30.3 Å². The summed E-state index contributed by atoms with van der Waals surface area (Å²) in [5.41, 5.74) is 0.723. The van der Waals surface area contributed by atoms with Crippen LogP contribution in [0, 0.1) is 5.41 Å². The minimum atomic E-state index is -0.894. The van der Waals surface area contributed by atoms with E-state index in [4.69, 9.17) is 16.7 Å². The van der Waals surface area contributed by atoms with E-state index in [1.807, 2.05) is 18.2 Å². The number of nitrogens with one attached hydrogen (secondary N) is 2. The van der Waals surface area contributed by atoms with Crippen molar-refractivity contribution in [3.8, 4) is 11.3 Å². The van der Waals surface area contributed by atoms with Gasteiger partial charge in [0.25, 0.3) is 5.91 Å². The van der Waals surface area contributed by atoms with Gasteiger partial charge >= 0.3 is 5.97 Å². The zero-order valence-corrected chi connectivity index (χ0v) is 13.6. The summed E-state index contributed by atoms with van der Waals surface area (Å²) in [4.78, 5) is 23.1. The van der Waals surface area contributed by atoms with E-state index in [1.54, 1.807) is 26.0 Å². The first-order chi connectivity index (χ1) is 10.8. The number of benzene rings is 1. The average molecular weight is 336 g/mol. The fourth-order valence-corrected chi connectivity index (χ4v) is 2.17. The zero-order chi connectivity index (χ0) is 17.0. The summed E-state index contributed by atoms with van der Waals surface area (Å²) in [6.45, 7) is 3.50. The average Bonchev–Trinajstić information content (AvgIpc) is 2.97. The van der Waals surface area contributed by atoms with Crippen LogP contribution >= 0.6 is 11.6 Å². The van der Waals surface area contributed by atoms with Crippen molar-refractivity contribution >= 4 is 23.5 Å². The largest absolute Gasteiger partial charge is 0.481 e. The number of carbonyl (C=O) groups is 2. The number of aromatic amines is 1. The number of carboxylic acids is 1. The molecular weight excluding hydrogens is 318 g/mol. The number of hydrogen-bond donors (Lipinski definition) is 3. The summed E-state index contributed by atoms with van der Waals surface area (Å²) < 4.78 is 0. The zero-order valence-electron chi connectivity index (χ0n) is 12.9. The monoisotopic (exact) mass is 335 g/mol. The molecule has 0 aliphatic carbocycles. The van der Waals surface area contributed by atoms with E-state index in [0.29, 0.717) is 22.8 Å². The molecule has 3 N–H and O–H groups in total. The molecule has 2 aromatic rings. The fraction of sp³-hybridized carbons (Fsp3) is 0.312. The Morgan fingerprint density at radius 1 is 1.35 bits per heavy atom. The molecular formula is C16H18ClN3O3. The number of nitrogens with zero attached hydrogens (tertiary/aromatic N) is 1. The molecule has 0 aliphatic rings. The lowest BCUT2D eigenvalue weighted by molar-refractivity contribution is -0.147. The normalized spacial score (nSPS) is 11.3. The second-order valence-corrected chi connectivity index (χ2v) is 6.25. The van der Waals surface area contributed by atoms with Crippen LogP contribution in [0.3, 0.4) is 0 Å². The van der Waals surface area contributed by atoms with Gasteiger partial charge in [0.1, 0.15) is 5.69 Å². The molecule has 0 fully saturated rings. The second kappa shape index (κ2) is 6.83. The molecule has 0 spiro atoms. The molecule has 1 aromatic heterocycles. The van der Waals surface area contributed by atoms with Gasteiger partial charge in [-0.15, -0.1) is 0 Å². The Bertz CT molecular complexity index is 725. The highest BCUT2D eigenvalue weighted by atomic mass is 35.5. The smallest absolute Gasteiger partial charge is 0.309 e. The van der Waals surface area contributed by atoms with Gasteiger partial charge in [-0.25, -0.2) is 0 Å². The SMILES string of the molecule is CC(C)(CCNC(=O)c1cc(-c2ccccc2Cl)n[nH]1)C(=O)O. The van der Waals surface area contributed by atoms with Crippen LogP contribution in [0.25, 0.3) is 11.3 Å². The molecule has 0 saturated heterocycles. The Labute approximate surface area is 138 Å². The van der Waals surface area contributed by atoms with Crippen molar-refractivity contribution in [1.82, 2.24) is 15.5 Å². The van der Waals surface area contributed by atoms with E-state index in [9.17, 15) is 9.59 Å². The van der Waals surface area contributed by atoms with Crippen LogP contribution < -0.4 is 5.32 Å². The van der Waals surface area contributed by atoms with Crippen LogP contribution in [0.2, 0.25) is 5.02 Å². The van der Waals surface area contributed by atoms with Crippen molar-refractivity contribution in [2.45, 2.75) is 20.3 Å². The van der Waals surface area contributed by atoms with E-state index in [2.05, 4.69) is 15.5 Å². The van der Waals surface area contributed by atoms with Gasteiger partial charge in [-0.05, 0) is 32.4 Å². The molecule has 0 atom stereocenters. The van der Waals surface area contributed by atoms with Crippen molar-refractivity contribution < 1.29 is 14.7 Å². The van der Waals surface area contributed by atoms with Crippen molar-refractivity contribution in [2.24, 2.45) is 5.41 Å². The van der Waals surface area contributed by atoms with Gasteiger partial charge in [0, 0.05) is 12.1 Å². The number of carbonyl (C=O) groups excluding carboxylic acids is 1. The summed E-state index contributed by atoms with van der Waals surface area (Å²) in [6.07, 6.45) is 0.333. The number of H-pyrrole nitrogens is 1. The molecule has 2 rings (SSSR count). The Morgan fingerprint density at radius 2 is 2.04 bits per heavy atom. The summed E-state index contributed by atoms with van der Waals surface area (Å²) in [7, 11) is 0. The third-order valence-corrected chi connectivity index (χ3v) is 3.92. The Morgan fingerprint density at radius 3 is 2.70 bits per heavy atom. The number of halogens is 1. The summed E-state index contributed by atoms with van der Waals surface area (Å²) in [6, 6.07) is 8.83. The van der Waals surface area contributed by atoms with E-state index in [-0.39, 0.29) is 12.5 Å². The number of amides is 1. The number of rotatable bonds is 6. The predicted molar refractivity (Wildman–Crippen MR) is 87.4 cm³/mol. The maximum Gasteiger partial charge on any atom is 0.309 e. The van der Waals surface area contributed by atoms with Crippen molar-refractivity contribution in [1.29, 1.82) is 0 Å². The lowest BCUT2D eigenvalue weighted by Gasteiger charge is -2.18. The lowest BCUT2D eigenvalue weighted by atomic mass is 9.90. The number of carboxylic acid groups (broad SMARTS) is 1. The highest BCUT2D eigenvalue weighted by molar-refractivity contribution is 6.33. The van der Waals surface area contributed by atoms with Gasteiger partial charge in [0.05, 0.1) is 16.1 Å². The third kappa shape index (κ3) is 4.10. The Hall–Kier alpha value is -2.34. The summed E-state index contributed by atoms with van der Waals surface area (Å²) >= 11 is 6.10. The summed E-state index contributed by atoms with van der Waals surface area (Å²) in [5, 5.41) is 19.0. The molecule has 0 bridgehead atoms. The summed E-state index contributed by atoms with van der Waals surface area (Å²) in [5.74, 6) is -1.23. The van der Waals surface area contributed by atoms with Gasteiger partial charge in [0.15, 0.2) is 0 Å². The molecule has 0 saturated carbocycles. The first-order valence-corrected chi connectivity index (χ1v) is 7.51. The highest BCUT2D eigenvalue weighted by Gasteiger charge is 2.26. The second-order valence-electron chi connectivity index (χ2n) is 5.84. The van der Waals surface area contributed by atoms with Crippen LogP contribution in [0.4, 0.5) is 0 Å². The highest BCUT2D eigenvalue weighted by Crippen LogP contribution is 2.26. The van der Waals surface area contributed by atoms with Crippen molar-refractivity contribution in [3.05, 3.63) is 41.0 Å². The standard InChI is InChI=1S/C16H18ClN3O3/c1-16(2,15(22)23)7-8-18-14(21)13-9-12(19-20-13)10-5-3-4-6-11(10)17/h3-6,9H,7-8H2,1-2H3,(H,18,21)(H,19,20)(H,22,23). The predicted octanol–water partition coefficient (Wildman–Crippen LogP) is 2.96. The van der Waals surface area contributed by atoms with Gasteiger partial charge in [0.2, 0.25) is 0 Å². The van der Waals surface area contributed by atoms with Gasteiger partial charge in [-0.2, -0.15) is 5.10 Å². The molecule has 122 valence electrons. The van der Waals surface area contributed by atoms with E-state index < -0.39 is 11.4 Å². The molecule has 1 aromatic carbocycles. The third-order valence-electron chi connectivity index (χ3n) is 3.59. The number of aromatic nitrogens is 2. The Balaban J connectivity index is 2.00. The van der Waals surface area contributed by atoms with Crippen molar-refractivity contribution in [3.63, 3.8) is 0 Å². The Kier molecular flexibility index (Phi) is 5.05. The quantitative estimate of drug-likeness (QED) is 0.756. The van der Waals surface area contributed by atoms with Crippen LogP contribution in [-0.4, -0.2) is 33.7 Å². The minimum absolute atomic E-state index is 0.262. The lowest BCUT2D eigenvalue weighted by Crippen LogP contribution is -2.32. The van der Waals surface area contributed by atoms with Crippen molar-refractivity contribution in [2.75, 3.05) is 6.54 Å². The molecule has 7 heteroatoms. The van der Waals surface area contributed by atoms with E-state index in [0.717, 1.165) is 5.56 Å². The van der Waals surface area contributed by atoms with Gasteiger partial charge < -0.3 is 10.4 Å².